The Morgan fingerprint density at radius 3 is 2.24 bits per heavy atom. The molecule has 2 amide bonds. The summed E-state index contributed by atoms with van der Waals surface area (Å²) in [6.07, 6.45) is 0.409. The Morgan fingerprint density at radius 1 is 0.824 bits per heavy atom. The van der Waals surface area contributed by atoms with E-state index >= 15 is 0 Å². The number of methoxy groups -OCH3 is 2. The molecule has 7 heteroatoms. The van der Waals surface area contributed by atoms with Gasteiger partial charge in [-0.2, -0.15) is 0 Å². The lowest BCUT2D eigenvalue weighted by molar-refractivity contribution is -0.115. The highest BCUT2D eigenvalue weighted by atomic mass is 16.5. The molecule has 2 N–H and O–H groups in total. The fraction of sp³-hybridized carbons (Fsp3) is 0.148. The number of fused-ring (bicyclic) bond motifs is 1. The van der Waals surface area contributed by atoms with Crippen LogP contribution in [0.25, 0.3) is 22.2 Å². The number of para-hydroxylation sites is 1. The van der Waals surface area contributed by atoms with Crippen LogP contribution in [0.3, 0.4) is 0 Å². The molecule has 172 valence electrons. The van der Waals surface area contributed by atoms with Gasteiger partial charge in [-0.3, -0.25) is 9.59 Å². The van der Waals surface area contributed by atoms with E-state index in [0.29, 0.717) is 46.1 Å². The van der Waals surface area contributed by atoms with Gasteiger partial charge in [0.05, 0.1) is 31.0 Å². The minimum atomic E-state index is -0.265. The lowest BCUT2D eigenvalue weighted by Crippen LogP contribution is -2.13. The summed E-state index contributed by atoms with van der Waals surface area (Å²) in [5, 5.41) is 6.52. The Hall–Kier alpha value is -4.39. The third-order valence-electron chi connectivity index (χ3n) is 5.39. The molecule has 0 aliphatic heterocycles. The quantitative estimate of drug-likeness (QED) is 0.383. The van der Waals surface area contributed by atoms with E-state index in [1.165, 1.54) is 0 Å². The number of hydrogen-bond donors (Lipinski definition) is 2. The molecule has 0 unspecified atom stereocenters. The van der Waals surface area contributed by atoms with Crippen molar-refractivity contribution in [2.75, 3.05) is 24.9 Å². The maximum atomic E-state index is 13.3. The van der Waals surface area contributed by atoms with Gasteiger partial charge in [0.1, 0.15) is 0 Å². The lowest BCUT2D eigenvalue weighted by atomic mass is 10.0. The van der Waals surface area contributed by atoms with Gasteiger partial charge < -0.3 is 20.1 Å². The Morgan fingerprint density at radius 2 is 1.53 bits per heavy atom. The summed E-state index contributed by atoms with van der Waals surface area (Å²) in [6, 6.07) is 21.9. The molecule has 3 aromatic carbocycles. The van der Waals surface area contributed by atoms with Crippen molar-refractivity contribution < 1.29 is 19.1 Å². The zero-order valence-corrected chi connectivity index (χ0v) is 19.2. The van der Waals surface area contributed by atoms with Gasteiger partial charge in [-0.1, -0.05) is 37.3 Å². The summed E-state index contributed by atoms with van der Waals surface area (Å²) < 4.78 is 10.6. The number of anilines is 2. The number of pyridine rings is 1. The van der Waals surface area contributed by atoms with E-state index in [-0.39, 0.29) is 11.8 Å². The van der Waals surface area contributed by atoms with E-state index in [2.05, 4.69) is 10.6 Å². The van der Waals surface area contributed by atoms with E-state index in [0.717, 1.165) is 10.9 Å². The number of aromatic nitrogens is 1. The first-order valence-corrected chi connectivity index (χ1v) is 10.9. The highest BCUT2D eigenvalue weighted by Crippen LogP contribution is 2.31. The van der Waals surface area contributed by atoms with Crippen molar-refractivity contribution in [1.29, 1.82) is 0 Å². The van der Waals surface area contributed by atoms with Crippen molar-refractivity contribution in [1.82, 2.24) is 4.98 Å². The second kappa shape index (κ2) is 10.0. The van der Waals surface area contributed by atoms with Gasteiger partial charge in [0.2, 0.25) is 5.91 Å². The van der Waals surface area contributed by atoms with E-state index in [1.807, 2.05) is 48.5 Å². The van der Waals surface area contributed by atoms with Crippen molar-refractivity contribution in [3.63, 3.8) is 0 Å². The number of carbonyl (C=O) groups is 2. The molecule has 0 fully saturated rings. The van der Waals surface area contributed by atoms with E-state index in [4.69, 9.17) is 14.5 Å². The molecule has 1 heterocycles. The summed E-state index contributed by atoms with van der Waals surface area (Å²) in [5.41, 5.74) is 3.99. The van der Waals surface area contributed by atoms with Crippen LogP contribution < -0.4 is 20.1 Å². The van der Waals surface area contributed by atoms with Crippen molar-refractivity contribution in [3.8, 4) is 22.8 Å². The first kappa shape index (κ1) is 22.8. The molecule has 0 atom stereocenters. The number of benzene rings is 3. The third kappa shape index (κ3) is 4.83. The molecule has 0 saturated heterocycles. The molecule has 4 rings (SSSR count). The highest BCUT2D eigenvalue weighted by molar-refractivity contribution is 6.13. The number of ether oxygens (including phenoxy) is 2. The first-order valence-electron chi connectivity index (χ1n) is 10.9. The second-order valence-electron chi connectivity index (χ2n) is 7.58. The molecule has 0 radical (unpaired) electrons. The Kier molecular flexibility index (Phi) is 6.73. The van der Waals surface area contributed by atoms with Crippen LogP contribution in [0, 0.1) is 0 Å². The molecule has 0 aliphatic rings. The number of nitrogens with zero attached hydrogens (tertiary/aromatic N) is 1. The summed E-state index contributed by atoms with van der Waals surface area (Å²) in [4.78, 5) is 29.7. The van der Waals surface area contributed by atoms with Gasteiger partial charge in [0, 0.05) is 34.8 Å². The molecule has 7 nitrogen and oxygen atoms in total. The van der Waals surface area contributed by atoms with Crippen LogP contribution in [0.2, 0.25) is 0 Å². The van der Waals surface area contributed by atoms with Gasteiger partial charge >= 0.3 is 0 Å². The zero-order chi connectivity index (χ0) is 24.1. The lowest BCUT2D eigenvalue weighted by Gasteiger charge is -2.13. The topological polar surface area (TPSA) is 89.6 Å². The first-order chi connectivity index (χ1) is 16.5. The minimum Gasteiger partial charge on any atom is -0.493 e. The largest absolute Gasteiger partial charge is 0.493 e. The fourth-order valence-electron chi connectivity index (χ4n) is 3.60. The predicted octanol–water partition coefficient (Wildman–Crippen LogP) is 5.52. The maximum Gasteiger partial charge on any atom is 0.256 e. The van der Waals surface area contributed by atoms with Crippen molar-refractivity contribution in [2.45, 2.75) is 13.3 Å². The molecule has 34 heavy (non-hydrogen) atoms. The average Bonchev–Trinajstić information content (AvgIpc) is 2.88. The van der Waals surface area contributed by atoms with Gasteiger partial charge in [0.15, 0.2) is 11.5 Å². The normalized spacial score (nSPS) is 10.6. The van der Waals surface area contributed by atoms with Crippen LogP contribution in [0.4, 0.5) is 11.4 Å². The molecule has 0 aliphatic carbocycles. The fourth-order valence-corrected chi connectivity index (χ4v) is 3.60. The van der Waals surface area contributed by atoms with Crippen LogP contribution in [-0.2, 0) is 4.79 Å². The van der Waals surface area contributed by atoms with Crippen LogP contribution in [0.1, 0.15) is 23.7 Å². The molecule has 1 aromatic heterocycles. The van der Waals surface area contributed by atoms with Crippen molar-refractivity contribution in [3.05, 3.63) is 78.4 Å². The third-order valence-corrected chi connectivity index (χ3v) is 5.39. The molecule has 0 saturated carbocycles. The second-order valence-corrected chi connectivity index (χ2v) is 7.58. The standard InChI is InChI=1S/C27H25N3O4/c1-4-26(31)28-18-11-9-17(10-12-18)23-16-21(20-7-5-6-8-22(20)30-23)27(32)29-19-13-14-24(33-2)25(15-19)34-3/h5-16H,4H2,1-3H3,(H,28,31)(H,29,32). The molecular weight excluding hydrogens is 430 g/mol. The smallest absolute Gasteiger partial charge is 0.256 e. The van der Waals surface area contributed by atoms with Gasteiger partial charge in [-0.15, -0.1) is 0 Å². The van der Waals surface area contributed by atoms with Gasteiger partial charge in [-0.05, 0) is 36.4 Å². The van der Waals surface area contributed by atoms with Crippen molar-refractivity contribution >= 4 is 34.1 Å². The zero-order valence-electron chi connectivity index (χ0n) is 19.2. The number of nitrogens with one attached hydrogen (secondary N) is 2. The monoisotopic (exact) mass is 455 g/mol. The van der Waals surface area contributed by atoms with Gasteiger partial charge in [0.25, 0.3) is 5.91 Å². The Bertz CT molecular complexity index is 1350. The predicted molar refractivity (Wildman–Crippen MR) is 134 cm³/mol. The maximum absolute atomic E-state index is 13.3. The van der Waals surface area contributed by atoms with E-state index < -0.39 is 0 Å². The molecule has 0 spiro atoms. The molecule has 4 aromatic rings. The minimum absolute atomic E-state index is 0.0503. The summed E-state index contributed by atoms with van der Waals surface area (Å²) >= 11 is 0. The van der Waals surface area contributed by atoms with Crippen LogP contribution in [0.5, 0.6) is 11.5 Å². The Balaban J connectivity index is 1.69. The van der Waals surface area contributed by atoms with Crippen LogP contribution in [-0.4, -0.2) is 31.0 Å². The SMILES string of the molecule is CCC(=O)Nc1ccc(-c2cc(C(=O)Nc3ccc(OC)c(OC)c3)c3ccccc3n2)cc1. The van der Waals surface area contributed by atoms with Crippen LogP contribution in [0.15, 0.2) is 72.8 Å². The Labute approximate surface area is 197 Å². The van der Waals surface area contributed by atoms with Crippen LogP contribution >= 0.6 is 0 Å². The number of amides is 2. The van der Waals surface area contributed by atoms with E-state index in [9.17, 15) is 9.59 Å². The van der Waals surface area contributed by atoms with Crippen molar-refractivity contribution in [2.24, 2.45) is 0 Å². The molecular formula is C27H25N3O4. The average molecular weight is 456 g/mol. The highest BCUT2D eigenvalue weighted by Gasteiger charge is 2.15. The number of carbonyl (C=O) groups excluding carboxylic acids is 2. The summed E-state index contributed by atoms with van der Waals surface area (Å²) in [6.45, 7) is 1.80. The number of rotatable bonds is 7. The van der Waals surface area contributed by atoms with Gasteiger partial charge in [-0.25, -0.2) is 4.98 Å². The molecule has 0 bridgehead atoms. The number of hydrogen-bond acceptors (Lipinski definition) is 5. The summed E-state index contributed by atoms with van der Waals surface area (Å²) in [5.74, 6) is 0.788. The summed E-state index contributed by atoms with van der Waals surface area (Å²) in [7, 11) is 3.11. The van der Waals surface area contributed by atoms with E-state index in [1.54, 1.807) is 45.4 Å².